The number of hydrogen-bond donors (Lipinski definition) is 0. The minimum atomic E-state index is 0.930. The van der Waals surface area contributed by atoms with Crippen LogP contribution >= 0.6 is 0 Å². The molecule has 0 N–H and O–H groups in total. The molecule has 0 radical (unpaired) electrons. The zero-order valence-electron chi connectivity index (χ0n) is 23.7. The number of fused-ring (bicyclic) bond motifs is 6. The summed E-state index contributed by atoms with van der Waals surface area (Å²) >= 11 is 0. The van der Waals surface area contributed by atoms with Gasteiger partial charge in [0.15, 0.2) is 0 Å². The summed E-state index contributed by atoms with van der Waals surface area (Å²) in [5.74, 6) is 0. The van der Waals surface area contributed by atoms with Gasteiger partial charge in [-0.05, 0) is 41.5 Å². The number of hydrogen-bond acceptors (Lipinski definition) is 3. The van der Waals surface area contributed by atoms with Gasteiger partial charge in [-0.25, -0.2) is 15.0 Å². The van der Waals surface area contributed by atoms with Gasteiger partial charge in [-0.2, -0.15) is 0 Å². The van der Waals surface area contributed by atoms with Crippen LogP contribution < -0.4 is 0 Å². The lowest BCUT2D eigenvalue weighted by atomic mass is 9.97. The Labute approximate surface area is 253 Å². The molecule has 0 amide bonds. The maximum Gasteiger partial charge on any atom is 0.146 e. The lowest BCUT2D eigenvalue weighted by Crippen LogP contribution is -1.93. The van der Waals surface area contributed by atoms with Crippen molar-refractivity contribution in [2.24, 2.45) is 0 Å². The van der Waals surface area contributed by atoms with Crippen molar-refractivity contribution >= 4 is 33.0 Å². The molecule has 4 aromatic carbocycles. The lowest BCUT2D eigenvalue weighted by molar-refractivity contribution is 1.19. The predicted molar refractivity (Wildman–Crippen MR) is 178 cm³/mol. The van der Waals surface area contributed by atoms with Crippen molar-refractivity contribution in [2.75, 3.05) is 0 Å². The van der Waals surface area contributed by atoms with Crippen molar-refractivity contribution in [1.82, 2.24) is 23.8 Å². The van der Waals surface area contributed by atoms with Crippen LogP contribution in [0.3, 0.4) is 0 Å². The number of rotatable bonds is 4. The molecule has 9 aromatic rings. The van der Waals surface area contributed by atoms with Crippen LogP contribution in [-0.4, -0.2) is 23.8 Å². The Balaban J connectivity index is 1.17. The number of nitrogens with zero attached hydrogens (tertiary/aromatic N) is 5. The maximum absolute atomic E-state index is 5.21. The molecule has 0 atom stereocenters. The van der Waals surface area contributed by atoms with Crippen molar-refractivity contribution in [3.63, 3.8) is 0 Å². The highest BCUT2D eigenvalue weighted by molar-refractivity contribution is 6.16. The molecule has 0 saturated carbocycles. The Bertz CT molecular complexity index is 2450. The minimum absolute atomic E-state index is 0.930. The second kappa shape index (κ2) is 9.75. The minimum Gasteiger partial charge on any atom is -0.306 e. The summed E-state index contributed by atoms with van der Waals surface area (Å²) < 4.78 is 4.18. The molecule has 0 saturated heterocycles. The van der Waals surface area contributed by atoms with Gasteiger partial charge in [0, 0.05) is 57.6 Å². The van der Waals surface area contributed by atoms with Gasteiger partial charge in [-0.15, -0.1) is 0 Å². The number of para-hydroxylation sites is 1. The molecular formula is C39H25N5. The van der Waals surface area contributed by atoms with Gasteiger partial charge in [-0.1, -0.05) is 97.1 Å². The third-order valence-corrected chi connectivity index (χ3v) is 8.37. The molecule has 0 aliphatic rings. The molecule has 5 aromatic heterocycles. The molecule has 0 aliphatic carbocycles. The predicted octanol–water partition coefficient (Wildman–Crippen LogP) is 9.35. The van der Waals surface area contributed by atoms with E-state index in [9.17, 15) is 0 Å². The summed E-state index contributed by atoms with van der Waals surface area (Å²) in [6.45, 7) is 0. The van der Waals surface area contributed by atoms with E-state index in [0.717, 1.165) is 77.9 Å². The quantitative estimate of drug-likeness (QED) is 0.200. The molecule has 0 fully saturated rings. The number of pyridine rings is 3. The van der Waals surface area contributed by atoms with E-state index in [0.29, 0.717) is 0 Å². The molecule has 5 heterocycles. The van der Waals surface area contributed by atoms with Crippen molar-refractivity contribution in [3.05, 3.63) is 152 Å². The van der Waals surface area contributed by atoms with E-state index in [2.05, 4.69) is 120 Å². The smallest absolute Gasteiger partial charge is 0.146 e. The highest BCUT2D eigenvalue weighted by atomic mass is 15.0. The van der Waals surface area contributed by atoms with Crippen molar-refractivity contribution in [1.29, 1.82) is 0 Å². The first kappa shape index (κ1) is 24.5. The zero-order valence-corrected chi connectivity index (χ0v) is 23.7. The normalized spacial score (nSPS) is 11.6. The number of imidazole rings is 2. The third-order valence-electron chi connectivity index (χ3n) is 8.37. The molecule has 5 nitrogen and oxygen atoms in total. The first-order valence-electron chi connectivity index (χ1n) is 14.7. The standard InChI is InChI=1S/C39H25N5/c1-2-9-27(10-3-1)35-25-44-22-20-32-37(39(44)42-35)31-13-4-5-14-33(31)41-38(32)30-12-8-11-29(23-30)26-16-18-28(19-17-26)34-24-43-21-7-6-15-36(43)40-34/h1-25H. The summed E-state index contributed by atoms with van der Waals surface area (Å²) in [4.78, 5) is 15.1. The Kier molecular flexibility index (Phi) is 5.43. The molecule has 0 unspecified atom stereocenters. The summed E-state index contributed by atoms with van der Waals surface area (Å²) in [5.41, 5.74) is 11.2. The van der Waals surface area contributed by atoms with E-state index >= 15 is 0 Å². The van der Waals surface area contributed by atoms with Gasteiger partial charge in [0.25, 0.3) is 0 Å². The number of benzene rings is 4. The summed E-state index contributed by atoms with van der Waals surface area (Å²) in [7, 11) is 0. The van der Waals surface area contributed by atoms with Gasteiger partial charge >= 0.3 is 0 Å². The van der Waals surface area contributed by atoms with Gasteiger partial charge in [0.05, 0.1) is 22.6 Å². The fourth-order valence-corrected chi connectivity index (χ4v) is 6.20. The SMILES string of the molecule is c1ccc(-c2cn3ccc4c(-c5cccc(-c6ccc(-c7cn8ccccc8n7)cc6)c5)nc5ccccc5c4c3n2)cc1. The van der Waals surface area contributed by atoms with Crippen molar-refractivity contribution in [3.8, 4) is 44.9 Å². The molecule has 0 aliphatic heterocycles. The van der Waals surface area contributed by atoms with Gasteiger partial charge in [0.2, 0.25) is 0 Å². The first-order valence-corrected chi connectivity index (χ1v) is 14.7. The van der Waals surface area contributed by atoms with Gasteiger partial charge < -0.3 is 8.80 Å². The van der Waals surface area contributed by atoms with Crippen LogP contribution in [0.4, 0.5) is 0 Å². The van der Waals surface area contributed by atoms with E-state index in [1.165, 1.54) is 0 Å². The molecule has 9 rings (SSSR count). The Morgan fingerprint density at radius 2 is 1.14 bits per heavy atom. The maximum atomic E-state index is 5.21. The van der Waals surface area contributed by atoms with E-state index in [4.69, 9.17) is 15.0 Å². The highest BCUT2D eigenvalue weighted by Gasteiger charge is 2.16. The summed E-state index contributed by atoms with van der Waals surface area (Å²) in [6.07, 6.45) is 8.30. The highest BCUT2D eigenvalue weighted by Crippen LogP contribution is 2.37. The second-order valence-corrected chi connectivity index (χ2v) is 11.1. The van der Waals surface area contributed by atoms with Crippen molar-refractivity contribution < 1.29 is 0 Å². The second-order valence-electron chi connectivity index (χ2n) is 11.1. The molecule has 44 heavy (non-hydrogen) atoms. The topological polar surface area (TPSA) is 47.5 Å². The van der Waals surface area contributed by atoms with Crippen LogP contribution in [0.2, 0.25) is 0 Å². The monoisotopic (exact) mass is 563 g/mol. The van der Waals surface area contributed by atoms with Crippen LogP contribution in [0.25, 0.3) is 77.9 Å². The van der Waals surface area contributed by atoms with Crippen LogP contribution in [0.5, 0.6) is 0 Å². The molecule has 0 bridgehead atoms. The molecule has 0 spiro atoms. The van der Waals surface area contributed by atoms with Crippen LogP contribution in [0, 0.1) is 0 Å². The van der Waals surface area contributed by atoms with Crippen LogP contribution in [-0.2, 0) is 0 Å². The van der Waals surface area contributed by atoms with Gasteiger partial charge in [0.1, 0.15) is 11.3 Å². The summed E-state index contributed by atoms with van der Waals surface area (Å²) in [6, 6.07) is 44.2. The Hall–Kier alpha value is -6.07. The van der Waals surface area contributed by atoms with E-state index in [-0.39, 0.29) is 0 Å². The van der Waals surface area contributed by atoms with Crippen LogP contribution in [0.15, 0.2) is 152 Å². The largest absolute Gasteiger partial charge is 0.306 e. The fourth-order valence-electron chi connectivity index (χ4n) is 6.20. The van der Waals surface area contributed by atoms with E-state index < -0.39 is 0 Å². The average molecular weight is 564 g/mol. The fraction of sp³-hybridized carbons (Fsp3) is 0. The molecule has 206 valence electrons. The lowest BCUT2D eigenvalue weighted by Gasteiger charge is -2.12. The molecule has 5 heteroatoms. The summed E-state index contributed by atoms with van der Waals surface area (Å²) in [5, 5.41) is 3.29. The average Bonchev–Trinajstić information content (AvgIpc) is 3.73. The van der Waals surface area contributed by atoms with Gasteiger partial charge in [-0.3, -0.25) is 0 Å². The van der Waals surface area contributed by atoms with E-state index in [1.54, 1.807) is 0 Å². The van der Waals surface area contributed by atoms with Crippen LogP contribution in [0.1, 0.15) is 0 Å². The molecular weight excluding hydrogens is 538 g/mol. The third kappa shape index (κ3) is 3.98. The van der Waals surface area contributed by atoms with Crippen molar-refractivity contribution in [2.45, 2.75) is 0 Å². The first-order chi connectivity index (χ1) is 21.8. The Morgan fingerprint density at radius 3 is 2.02 bits per heavy atom. The Morgan fingerprint density at radius 1 is 0.432 bits per heavy atom. The zero-order chi connectivity index (χ0) is 29.0. The van der Waals surface area contributed by atoms with E-state index in [1.807, 2.05) is 40.9 Å². The number of aromatic nitrogens is 5.